The molecule has 0 saturated heterocycles. The number of carbonyl (C=O) groups excluding carboxylic acids is 1. The number of halogens is 3. The van der Waals surface area contributed by atoms with Crippen molar-refractivity contribution in [1.29, 1.82) is 0 Å². The van der Waals surface area contributed by atoms with Gasteiger partial charge in [-0.05, 0) is 30.7 Å². The maximum absolute atomic E-state index is 12.4. The van der Waals surface area contributed by atoms with Crippen molar-refractivity contribution in [1.82, 2.24) is 0 Å². The number of hydrogen-bond acceptors (Lipinski definition) is 3. The fourth-order valence-corrected chi connectivity index (χ4v) is 1.73. The van der Waals surface area contributed by atoms with Gasteiger partial charge in [-0.15, -0.1) is 0 Å². The molecule has 0 atom stereocenters. The molecule has 0 aliphatic heterocycles. The van der Waals surface area contributed by atoms with Gasteiger partial charge >= 0.3 is 6.18 Å². The maximum atomic E-state index is 12.4. The second kappa shape index (κ2) is 5.86. The predicted molar refractivity (Wildman–Crippen MR) is 61.9 cm³/mol. The first-order valence-corrected chi connectivity index (χ1v) is 5.36. The molecule has 1 aromatic carbocycles. The molecular formula is C12H14F3NO2. The number of hydrogen-bond donors (Lipinski definition) is 1. The normalized spacial score (nSPS) is 11.4. The van der Waals surface area contributed by atoms with Gasteiger partial charge in [-0.3, -0.25) is 4.79 Å². The van der Waals surface area contributed by atoms with Crippen molar-refractivity contribution in [3.63, 3.8) is 0 Å². The summed E-state index contributed by atoms with van der Waals surface area (Å²) in [6.07, 6.45) is -3.71. The number of aldehydes is 1. The molecule has 0 fully saturated rings. The van der Waals surface area contributed by atoms with Gasteiger partial charge in [0.15, 0.2) is 0 Å². The number of benzene rings is 1. The molecule has 0 heterocycles. The maximum Gasteiger partial charge on any atom is 0.405 e. The highest BCUT2D eigenvalue weighted by Gasteiger charge is 2.31. The predicted octanol–water partition coefficient (Wildman–Crippen LogP) is 2.17. The van der Waals surface area contributed by atoms with Crippen molar-refractivity contribution in [3.05, 3.63) is 29.3 Å². The lowest BCUT2D eigenvalue weighted by molar-refractivity contribution is -0.119. The van der Waals surface area contributed by atoms with E-state index in [2.05, 4.69) is 0 Å². The summed E-state index contributed by atoms with van der Waals surface area (Å²) in [6.45, 7) is 0.0175. The lowest BCUT2D eigenvalue weighted by Crippen LogP contribution is -2.36. The molecule has 0 spiro atoms. The van der Waals surface area contributed by atoms with Crippen molar-refractivity contribution in [2.45, 2.75) is 13.1 Å². The van der Waals surface area contributed by atoms with E-state index in [1.165, 1.54) is 18.2 Å². The van der Waals surface area contributed by atoms with Crippen molar-refractivity contribution < 1.29 is 23.1 Å². The van der Waals surface area contributed by atoms with E-state index in [0.717, 1.165) is 4.90 Å². The lowest BCUT2D eigenvalue weighted by Gasteiger charge is -2.26. The van der Waals surface area contributed by atoms with Crippen LogP contribution < -0.4 is 4.90 Å². The first kappa shape index (κ1) is 14.5. The van der Waals surface area contributed by atoms with Crippen LogP contribution in [0.5, 0.6) is 0 Å². The standard InChI is InChI=1S/C12H14F3NO2/c1-9-6-10(7-18)2-3-11(9)16(4-5-17)8-12(13,14)15/h2-3,6-7,17H,4-5,8H2,1H3. The summed E-state index contributed by atoms with van der Waals surface area (Å²) in [6, 6.07) is 4.43. The Labute approximate surface area is 103 Å². The average Bonchev–Trinajstić information content (AvgIpc) is 2.26. The number of aliphatic hydroxyl groups excluding tert-OH is 1. The van der Waals surface area contributed by atoms with Gasteiger partial charge in [-0.25, -0.2) is 0 Å². The summed E-state index contributed by atoms with van der Waals surface area (Å²) in [5, 5.41) is 8.82. The van der Waals surface area contributed by atoms with Gasteiger partial charge in [0, 0.05) is 17.8 Å². The zero-order valence-corrected chi connectivity index (χ0v) is 9.87. The van der Waals surface area contributed by atoms with Crippen molar-refractivity contribution in [3.8, 4) is 0 Å². The molecule has 0 unspecified atom stereocenters. The Balaban J connectivity index is 3.01. The first-order valence-electron chi connectivity index (χ1n) is 5.36. The molecular weight excluding hydrogens is 247 g/mol. The first-order chi connectivity index (χ1) is 8.37. The molecule has 0 bridgehead atoms. The molecule has 0 aromatic heterocycles. The average molecular weight is 261 g/mol. The number of aliphatic hydroxyl groups is 1. The Morgan fingerprint density at radius 3 is 2.50 bits per heavy atom. The monoisotopic (exact) mass is 261 g/mol. The SMILES string of the molecule is Cc1cc(C=O)ccc1N(CCO)CC(F)(F)F. The second-order valence-corrected chi connectivity index (χ2v) is 3.92. The summed E-state index contributed by atoms with van der Waals surface area (Å²) in [5.74, 6) is 0. The van der Waals surface area contributed by atoms with Gasteiger partial charge in [0.1, 0.15) is 12.8 Å². The number of carbonyl (C=O) groups is 1. The Morgan fingerprint density at radius 2 is 2.06 bits per heavy atom. The number of anilines is 1. The molecule has 6 heteroatoms. The third kappa shape index (κ3) is 4.03. The van der Waals surface area contributed by atoms with E-state index in [9.17, 15) is 18.0 Å². The highest BCUT2D eigenvalue weighted by atomic mass is 19.4. The molecule has 0 amide bonds. The summed E-state index contributed by atoms with van der Waals surface area (Å²) in [7, 11) is 0. The minimum Gasteiger partial charge on any atom is -0.395 e. The quantitative estimate of drug-likeness (QED) is 0.826. The van der Waals surface area contributed by atoms with Gasteiger partial charge < -0.3 is 10.0 Å². The van der Waals surface area contributed by atoms with Gasteiger partial charge in [-0.1, -0.05) is 0 Å². The third-order valence-electron chi connectivity index (χ3n) is 2.44. The van der Waals surface area contributed by atoms with Crippen LogP contribution in [0.3, 0.4) is 0 Å². The van der Waals surface area contributed by atoms with Crippen LogP contribution in [-0.4, -0.2) is 37.3 Å². The van der Waals surface area contributed by atoms with E-state index < -0.39 is 12.7 Å². The van der Waals surface area contributed by atoms with Gasteiger partial charge in [0.2, 0.25) is 0 Å². The summed E-state index contributed by atoms with van der Waals surface area (Å²) in [4.78, 5) is 11.6. The Bertz CT molecular complexity index is 418. The lowest BCUT2D eigenvalue weighted by atomic mass is 10.1. The van der Waals surface area contributed by atoms with Crippen LogP contribution in [0.15, 0.2) is 18.2 Å². The van der Waals surface area contributed by atoms with E-state index in [1.807, 2.05) is 0 Å². The topological polar surface area (TPSA) is 40.5 Å². The highest BCUT2D eigenvalue weighted by Crippen LogP contribution is 2.25. The van der Waals surface area contributed by atoms with E-state index in [4.69, 9.17) is 5.11 Å². The Hall–Kier alpha value is -1.56. The van der Waals surface area contributed by atoms with Crippen LogP contribution in [0.2, 0.25) is 0 Å². The number of alkyl halides is 3. The number of aryl methyl sites for hydroxylation is 1. The second-order valence-electron chi connectivity index (χ2n) is 3.92. The van der Waals surface area contributed by atoms with Crippen molar-refractivity contribution >= 4 is 12.0 Å². The van der Waals surface area contributed by atoms with Crippen LogP contribution in [0.25, 0.3) is 0 Å². The van der Waals surface area contributed by atoms with Gasteiger partial charge in [0.25, 0.3) is 0 Å². The van der Waals surface area contributed by atoms with Crippen molar-refractivity contribution in [2.75, 3.05) is 24.6 Å². The summed E-state index contributed by atoms with van der Waals surface area (Å²) in [5.41, 5.74) is 1.34. The zero-order chi connectivity index (χ0) is 13.8. The molecule has 100 valence electrons. The molecule has 0 saturated carbocycles. The van der Waals surface area contributed by atoms with E-state index >= 15 is 0 Å². The van der Waals surface area contributed by atoms with E-state index in [0.29, 0.717) is 23.1 Å². The van der Waals surface area contributed by atoms with Crippen LogP contribution in [0.1, 0.15) is 15.9 Å². The minimum absolute atomic E-state index is 0.110. The molecule has 1 N–H and O–H groups in total. The third-order valence-corrected chi connectivity index (χ3v) is 2.44. The van der Waals surface area contributed by atoms with E-state index in [1.54, 1.807) is 6.92 Å². The van der Waals surface area contributed by atoms with Gasteiger partial charge in [0.05, 0.1) is 6.61 Å². The molecule has 18 heavy (non-hydrogen) atoms. The highest BCUT2D eigenvalue weighted by molar-refractivity contribution is 5.77. The van der Waals surface area contributed by atoms with Crippen LogP contribution in [0, 0.1) is 6.92 Å². The Kier molecular flexibility index (Phi) is 4.72. The van der Waals surface area contributed by atoms with Gasteiger partial charge in [-0.2, -0.15) is 13.2 Å². The fraction of sp³-hybridized carbons (Fsp3) is 0.417. The molecule has 3 nitrogen and oxygen atoms in total. The van der Waals surface area contributed by atoms with Crippen LogP contribution in [0.4, 0.5) is 18.9 Å². The smallest absolute Gasteiger partial charge is 0.395 e. The largest absolute Gasteiger partial charge is 0.405 e. The molecule has 0 radical (unpaired) electrons. The molecule has 0 aliphatic rings. The Morgan fingerprint density at radius 1 is 1.39 bits per heavy atom. The zero-order valence-electron chi connectivity index (χ0n) is 9.87. The number of nitrogens with zero attached hydrogens (tertiary/aromatic N) is 1. The molecule has 0 aliphatic carbocycles. The summed E-state index contributed by atoms with van der Waals surface area (Å²) < 4.78 is 37.2. The molecule has 1 rings (SSSR count). The minimum atomic E-state index is -4.34. The van der Waals surface area contributed by atoms with Crippen LogP contribution in [-0.2, 0) is 0 Å². The number of rotatable bonds is 5. The van der Waals surface area contributed by atoms with E-state index in [-0.39, 0.29) is 13.2 Å². The van der Waals surface area contributed by atoms with Crippen LogP contribution >= 0.6 is 0 Å². The fourth-order valence-electron chi connectivity index (χ4n) is 1.73. The molecule has 1 aromatic rings. The summed E-state index contributed by atoms with van der Waals surface area (Å²) >= 11 is 0. The van der Waals surface area contributed by atoms with Crippen molar-refractivity contribution in [2.24, 2.45) is 0 Å².